The first-order valence-electron chi connectivity index (χ1n) is 5.83. The summed E-state index contributed by atoms with van der Waals surface area (Å²) in [5.74, 6) is 0.973. The second-order valence-corrected chi connectivity index (χ2v) is 4.03. The smallest absolute Gasteiger partial charge is 0.0698 e. The first-order chi connectivity index (χ1) is 6.93. The molecule has 1 saturated carbocycles. The van der Waals surface area contributed by atoms with Crippen LogP contribution in [0.25, 0.3) is 0 Å². The molecule has 0 aliphatic heterocycles. The van der Waals surface area contributed by atoms with E-state index in [9.17, 15) is 0 Å². The van der Waals surface area contributed by atoms with Gasteiger partial charge in [-0.25, -0.2) is 0 Å². The standard InChI is InChI=1S/C11H23NO2/c13-8-10-14-9-7-12-6-5-11-3-1-2-4-11/h11-13H,1-10H2. The van der Waals surface area contributed by atoms with Gasteiger partial charge in [-0.05, 0) is 18.9 Å². The molecule has 1 fully saturated rings. The van der Waals surface area contributed by atoms with Crippen LogP contribution in [0.1, 0.15) is 32.1 Å². The minimum absolute atomic E-state index is 0.127. The second-order valence-electron chi connectivity index (χ2n) is 4.03. The van der Waals surface area contributed by atoms with Gasteiger partial charge in [0.1, 0.15) is 0 Å². The molecule has 1 aliphatic rings. The molecule has 0 aromatic rings. The maximum absolute atomic E-state index is 8.47. The van der Waals surface area contributed by atoms with Crippen molar-refractivity contribution < 1.29 is 9.84 Å². The van der Waals surface area contributed by atoms with Crippen LogP contribution in [0.5, 0.6) is 0 Å². The van der Waals surface area contributed by atoms with Gasteiger partial charge in [-0.15, -0.1) is 0 Å². The molecule has 2 N–H and O–H groups in total. The molecule has 0 atom stereocenters. The lowest BCUT2D eigenvalue weighted by atomic mass is 10.0. The van der Waals surface area contributed by atoms with Crippen molar-refractivity contribution in [3.8, 4) is 0 Å². The molecule has 0 aromatic carbocycles. The van der Waals surface area contributed by atoms with Crippen molar-refractivity contribution in [2.75, 3.05) is 32.9 Å². The van der Waals surface area contributed by atoms with Gasteiger partial charge < -0.3 is 15.2 Å². The lowest BCUT2D eigenvalue weighted by Crippen LogP contribution is -2.22. The highest BCUT2D eigenvalue weighted by Gasteiger charge is 2.13. The van der Waals surface area contributed by atoms with Crippen LogP contribution in [-0.4, -0.2) is 38.0 Å². The number of nitrogens with one attached hydrogen (secondary N) is 1. The third kappa shape index (κ3) is 5.58. The van der Waals surface area contributed by atoms with Crippen molar-refractivity contribution in [3.05, 3.63) is 0 Å². The molecule has 3 heteroatoms. The predicted molar refractivity (Wildman–Crippen MR) is 57.3 cm³/mol. The van der Waals surface area contributed by atoms with Gasteiger partial charge in [0.15, 0.2) is 0 Å². The van der Waals surface area contributed by atoms with E-state index in [1.807, 2.05) is 0 Å². The van der Waals surface area contributed by atoms with E-state index in [0.29, 0.717) is 13.2 Å². The molecule has 0 bridgehead atoms. The van der Waals surface area contributed by atoms with Gasteiger partial charge in [-0.1, -0.05) is 25.7 Å². The maximum atomic E-state index is 8.47. The topological polar surface area (TPSA) is 41.5 Å². The van der Waals surface area contributed by atoms with Gasteiger partial charge in [-0.2, -0.15) is 0 Å². The Bertz CT molecular complexity index is 124. The molecule has 1 rings (SSSR count). The number of aliphatic hydroxyl groups is 1. The van der Waals surface area contributed by atoms with Crippen LogP contribution in [-0.2, 0) is 4.74 Å². The van der Waals surface area contributed by atoms with E-state index >= 15 is 0 Å². The van der Waals surface area contributed by atoms with Gasteiger partial charge in [0, 0.05) is 6.54 Å². The molecular weight excluding hydrogens is 178 g/mol. The monoisotopic (exact) mass is 201 g/mol. The molecule has 0 heterocycles. The van der Waals surface area contributed by atoms with E-state index in [4.69, 9.17) is 9.84 Å². The van der Waals surface area contributed by atoms with Gasteiger partial charge in [0.2, 0.25) is 0 Å². The number of hydrogen-bond acceptors (Lipinski definition) is 3. The highest BCUT2D eigenvalue weighted by molar-refractivity contribution is 4.67. The number of rotatable bonds is 8. The van der Waals surface area contributed by atoms with Crippen LogP contribution < -0.4 is 5.32 Å². The Labute approximate surface area is 86.8 Å². The zero-order chi connectivity index (χ0) is 10.1. The van der Waals surface area contributed by atoms with E-state index in [0.717, 1.165) is 19.0 Å². The molecule has 0 aromatic heterocycles. The van der Waals surface area contributed by atoms with Crippen LogP contribution in [0.3, 0.4) is 0 Å². The zero-order valence-electron chi connectivity index (χ0n) is 9.00. The van der Waals surface area contributed by atoms with Crippen molar-refractivity contribution in [2.45, 2.75) is 32.1 Å². The first kappa shape index (κ1) is 12.0. The van der Waals surface area contributed by atoms with Crippen molar-refractivity contribution in [2.24, 2.45) is 5.92 Å². The van der Waals surface area contributed by atoms with Gasteiger partial charge in [0.25, 0.3) is 0 Å². The fourth-order valence-corrected chi connectivity index (χ4v) is 2.04. The summed E-state index contributed by atoms with van der Waals surface area (Å²) < 4.78 is 5.14. The maximum Gasteiger partial charge on any atom is 0.0698 e. The molecular formula is C11H23NO2. The second kappa shape index (κ2) is 8.21. The molecule has 0 saturated heterocycles. The summed E-state index contributed by atoms with van der Waals surface area (Å²) in [5.41, 5.74) is 0. The summed E-state index contributed by atoms with van der Waals surface area (Å²) in [5, 5.41) is 11.8. The molecule has 0 radical (unpaired) electrons. The molecule has 84 valence electrons. The van der Waals surface area contributed by atoms with Crippen molar-refractivity contribution >= 4 is 0 Å². The molecule has 0 amide bonds. The number of hydrogen-bond donors (Lipinski definition) is 2. The van der Waals surface area contributed by atoms with Crippen LogP contribution in [0.4, 0.5) is 0 Å². The lowest BCUT2D eigenvalue weighted by molar-refractivity contribution is 0.0938. The molecule has 1 aliphatic carbocycles. The Hall–Kier alpha value is -0.120. The summed E-state index contributed by atoms with van der Waals surface area (Å²) in [4.78, 5) is 0. The highest BCUT2D eigenvalue weighted by atomic mass is 16.5. The largest absolute Gasteiger partial charge is 0.394 e. The van der Waals surface area contributed by atoms with Crippen LogP contribution >= 0.6 is 0 Å². The SMILES string of the molecule is OCCOCCNCCC1CCCC1. The fourth-order valence-electron chi connectivity index (χ4n) is 2.04. The summed E-state index contributed by atoms with van der Waals surface area (Å²) in [7, 11) is 0. The van der Waals surface area contributed by atoms with Gasteiger partial charge >= 0.3 is 0 Å². The van der Waals surface area contributed by atoms with E-state index in [2.05, 4.69) is 5.32 Å². The average molecular weight is 201 g/mol. The van der Waals surface area contributed by atoms with Crippen LogP contribution in [0.15, 0.2) is 0 Å². The normalized spacial score (nSPS) is 17.8. The van der Waals surface area contributed by atoms with Crippen LogP contribution in [0, 0.1) is 5.92 Å². The van der Waals surface area contributed by atoms with E-state index in [-0.39, 0.29) is 6.61 Å². The first-order valence-corrected chi connectivity index (χ1v) is 5.83. The summed E-state index contributed by atoms with van der Waals surface area (Å²) in [6.07, 6.45) is 7.06. The van der Waals surface area contributed by atoms with Crippen molar-refractivity contribution in [1.29, 1.82) is 0 Å². The quantitative estimate of drug-likeness (QED) is 0.579. The Kier molecular flexibility index (Phi) is 7.01. The number of aliphatic hydroxyl groups excluding tert-OH is 1. The summed E-state index contributed by atoms with van der Waals surface area (Å²) >= 11 is 0. The summed E-state index contributed by atoms with van der Waals surface area (Å²) in [6, 6.07) is 0. The molecule has 3 nitrogen and oxygen atoms in total. The van der Waals surface area contributed by atoms with Gasteiger partial charge in [-0.3, -0.25) is 0 Å². The average Bonchev–Trinajstić information content (AvgIpc) is 2.69. The Morgan fingerprint density at radius 3 is 2.64 bits per heavy atom. The van der Waals surface area contributed by atoms with Crippen molar-refractivity contribution in [3.63, 3.8) is 0 Å². The van der Waals surface area contributed by atoms with E-state index < -0.39 is 0 Å². The molecule has 14 heavy (non-hydrogen) atoms. The fraction of sp³-hybridized carbons (Fsp3) is 1.00. The van der Waals surface area contributed by atoms with Crippen molar-refractivity contribution in [1.82, 2.24) is 5.32 Å². The van der Waals surface area contributed by atoms with E-state index in [1.54, 1.807) is 0 Å². The highest BCUT2D eigenvalue weighted by Crippen LogP contribution is 2.26. The van der Waals surface area contributed by atoms with E-state index in [1.165, 1.54) is 32.1 Å². The molecule has 0 unspecified atom stereocenters. The minimum atomic E-state index is 0.127. The number of ether oxygens (including phenoxy) is 1. The third-order valence-corrected chi connectivity index (χ3v) is 2.86. The Balaban J connectivity index is 1.75. The third-order valence-electron chi connectivity index (χ3n) is 2.86. The lowest BCUT2D eigenvalue weighted by Gasteiger charge is -2.09. The Morgan fingerprint density at radius 1 is 1.14 bits per heavy atom. The summed E-state index contributed by atoms with van der Waals surface area (Å²) in [6.45, 7) is 3.33. The molecule has 0 spiro atoms. The Morgan fingerprint density at radius 2 is 1.93 bits per heavy atom. The minimum Gasteiger partial charge on any atom is -0.394 e. The van der Waals surface area contributed by atoms with Gasteiger partial charge in [0.05, 0.1) is 19.8 Å². The zero-order valence-corrected chi connectivity index (χ0v) is 9.00. The van der Waals surface area contributed by atoms with Crippen LogP contribution in [0.2, 0.25) is 0 Å². The predicted octanol–water partition coefficient (Wildman–Crippen LogP) is 1.17.